The van der Waals surface area contributed by atoms with Gasteiger partial charge in [-0.2, -0.15) is 0 Å². The maximum atomic E-state index is 12.8. The molecule has 3 heterocycles. The van der Waals surface area contributed by atoms with Crippen LogP contribution in [0.3, 0.4) is 0 Å². The van der Waals surface area contributed by atoms with Crippen molar-refractivity contribution in [2.75, 3.05) is 32.9 Å². The maximum absolute atomic E-state index is 12.8. The zero-order chi connectivity index (χ0) is 21.8. The first-order chi connectivity index (χ1) is 15.0. The second-order valence-corrected chi connectivity index (χ2v) is 8.98. The number of rotatable bonds is 5. The summed E-state index contributed by atoms with van der Waals surface area (Å²) >= 11 is 0. The summed E-state index contributed by atoms with van der Waals surface area (Å²) in [6.07, 6.45) is 4.95. The van der Waals surface area contributed by atoms with Crippen molar-refractivity contribution in [3.8, 4) is 5.75 Å². The van der Waals surface area contributed by atoms with Crippen LogP contribution in [-0.2, 0) is 14.3 Å². The lowest BCUT2D eigenvalue weighted by Gasteiger charge is -2.38. The van der Waals surface area contributed by atoms with Crippen LogP contribution in [0.5, 0.6) is 5.75 Å². The van der Waals surface area contributed by atoms with Crippen LogP contribution in [0.2, 0.25) is 0 Å². The molecule has 3 aliphatic heterocycles. The van der Waals surface area contributed by atoms with Crippen molar-refractivity contribution in [3.05, 3.63) is 29.8 Å². The van der Waals surface area contributed by atoms with Crippen LogP contribution >= 0.6 is 0 Å². The van der Waals surface area contributed by atoms with Gasteiger partial charge in [0.25, 0.3) is 11.8 Å². The first-order valence-electron chi connectivity index (χ1n) is 11.6. The van der Waals surface area contributed by atoms with E-state index in [0.29, 0.717) is 43.5 Å². The zero-order valence-corrected chi connectivity index (χ0v) is 18.6. The number of carbonyl (C=O) groups excluding carboxylic acids is 2. The molecule has 0 radical (unpaired) electrons. The van der Waals surface area contributed by atoms with Crippen molar-refractivity contribution in [2.24, 2.45) is 5.92 Å². The molecule has 1 aromatic carbocycles. The third kappa shape index (κ3) is 5.21. The van der Waals surface area contributed by atoms with Crippen molar-refractivity contribution in [1.29, 1.82) is 0 Å². The van der Waals surface area contributed by atoms with Crippen molar-refractivity contribution in [3.63, 3.8) is 0 Å². The number of amides is 2. The summed E-state index contributed by atoms with van der Waals surface area (Å²) in [5, 5.41) is 0. The number of hydrogen-bond acceptors (Lipinski definition) is 5. The van der Waals surface area contributed by atoms with E-state index in [1.54, 1.807) is 24.3 Å². The Morgan fingerprint density at radius 3 is 2.19 bits per heavy atom. The summed E-state index contributed by atoms with van der Waals surface area (Å²) in [6, 6.07) is 7.63. The van der Waals surface area contributed by atoms with Gasteiger partial charge in [0.15, 0.2) is 12.9 Å². The molecule has 7 nitrogen and oxygen atoms in total. The van der Waals surface area contributed by atoms with Crippen molar-refractivity contribution in [2.45, 2.75) is 64.3 Å². The number of ether oxygens (including phenoxy) is 3. The molecule has 3 aliphatic rings. The highest BCUT2D eigenvalue weighted by atomic mass is 16.7. The molecule has 0 N–H and O–H groups in total. The predicted molar refractivity (Wildman–Crippen MR) is 116 cm³/mol. The molecule has 7 heteroatoms. The summed E-state index contributed by atoms with van der Waals surface area (Å²) in [5.74, 6) is 1.03. The smallest absolute Gasteiger partial charge is 0.260 e. The first kappa shape index (κ1) is 22.1. The number of likely N-dealkylation sites (tertiary alicyclic amines) is 2. The topological polar surface area (TPSA) is 68.3 Å². The third-order valence-electron chi connectivity index (χ3n) is 6.80. The fourth-order valence-electron chi connectivity index (χ4n) is 5.03. The molecule has 170 valence electrons. The SMILES string of the molecule is CC1CCCC(C)N1C(=O)COc1ccc(C(=O)N2CCC(C3OCCO3)CC2)cc1. The van der Waals surface area contributed by atoms with E-state index in [9.17, 15) is 9.59 Å². The molecule has 3 fully saturated rings. The van der Waals surface area contributed by atoms with E-state index in [2.05, 4.69) is 13.8 Å². The minimum absolute atomic E-state index is 0.0259. The highest BCUT2D eigenvalue weighted by Gasteiger charge is 2.32. The van der Waals surface area contributed by atoms with Gasteiger partial charge in [0, 0.05) is 36.7 Å². The molecule has 0 bridgehead atoms. The van der Waals surface area contributed by atoms with E-state index in [1.165, 1.54) is 6.42 Å². The van der Waals surface area contributed by atoms with E-state index in [1.807, 2.05) is 9.80 Å². The van der Waals surface area contributed by atoms with Gasteiger partial charge in [0.2, 0.25) is 0 Å². The van der Waals surface area contributed by atoms with Crippen molar-refractivity contribution >= 4 is 11.8 Å². The van der Waals surface area contributed by atoms with Crippen LogP contribution < -0.4 is 4.74 Å². The van der Waals surface area contributed by atoms with Gasteiger partial charge in [-0.15, -0.1) is 0 Å². The molecule has 31 heavy (non-hydrogen) atoms. The maximum Gasteiger partial charge on any atom is 0.260 e. The molecule has 2 unspecified atom stereocenters. The standard InChI is InChI=1S/C24H34N2O5/c1-17-4-3-5-18(2)26(17)22(27)16-31-21-8-6-19(7-9-21)23(28)25-12-10-20(11-13-25)24-29-14-15-30-24/h6-9,17-18,20,24H,3-5,10-16H2,1-2H3. The molecule has 3 saturated heterocycles. The van der Waals surface area contributed by atoms with Gasteiger partial charge in [0.1, 0.15) is 5.75 Å². The zero-order valence-electron chi connectivity index (χ0n) is 18.6. The van der Waals surface area contributed by atoms with E-state index in [0.717, 1.165) is 25.7 Å². The second-order valence-electron chi connectivity index (χ2n) is 8.98. The molecule has 2 atom stereocenters. The van der Waals surface area contributed by atoms with Crippen LogP contribution in [0.1, 0.15) is 56.3 Å². The summed E-state index contributed by atoms with van der Waals surface area (Å²) < 4.78 is 16.9. The Bertz CT molecular complexity index is 744. The van der Waals surface area contributed by atoms with Gasteiger partial charge >= 0.3 is 0 Å². The summed E-state index contributed by atoms with van der Waals surface area (Å²) in [4.78, 5) is 29.3. The van der Waals surface area contributed by atoms with Crippen molar-refractivity contribution < 1.29 is 23.8 Å². The lowest BCUT2D eigenvalue weighted by molar-refractivity contribution is -0.139. The average Bonchev–Trinajstić information content (AvgIpc) is 3.33. The van der Waals surface area contributed by atoms with Crippen LogP contribution in [0, 0.1) is 5.92 Å². The minimum atomic E-state index is -0.104. The van der Waals surface area contributed by atoms with Gasteiger partial charge < -0.3 is 24.0 Å². The Labute approximate surface area is 184 Å². The molecule has 0 aromatic heterocycles. The molecular weight excluding hydrogens is 396 g/mol. The number of hydrogen-bond donors (Lipinski definition) is 0. The molecule has 0 saturated carbocycles. The molecule has 1 aromatic rings. The second kappa shape index (κ2) is 10.0. The molecule has 2 amide bonds. The lowest BCUT2D eigenvalue weighted by atomic mass is 9.95. The monoisotopic (exact) mass is 430 g/mol. The normalized spacial score (nSPS) is 25.6. The van der Waals surface area contributed by atoms with Gasteiger partial charge in [-0.05, 0) is 70.2 Å². The van der Waals surface area contributed by atoms with Gasteiger partial charge in [0.05, 0.1) is 13.2 Å². The largest absolute Gasteiger partial charge is 0.484 e. The highest BCUT2D eigenvalue weighted by molar-refractivity contribution is 5.94. The Hall–Kier alpha value is -2.12. The van der Waals surface area contributed by atoms with E-state index >= 15 is 0 Å². The Morgan fingerprint density at radius 1 is 0.968 bits per heavy atom. The van der Waals surface area contributed by atoms with Crippen LogP contribution in [0.15, 0.2) is 24.3 Å². The average molecular weight is 431 g/mol. The molecular formula is C24H34N2O5. The Balaban J connectivity index is 1.26. The van der Waals surface area contributed by atoms with E-state index < -0.39 is 0 Å². The predicted octanol–water partition coefficient (Wildman–Crippen LogP) is 3.08. The number of piperidine rings is 2. The summed E-state index contributed by atoms with van der Waals surface area (Å²) in [5.41, 5.74) is 0.642. The number of nitrogens with zero attached hydrogens (tertiary/aromatic N) is 2. The van der Waals surface area contributed by atoms with E-state index in [-0.39, 0.29) is 36.8 Å². The first-order valence-corrected chi connectivity index (χ1v) is 11.6. The highest BCUT2D eigenvalue weighted by Crippen LogP contribution is 2.27. The lowest BCUT2D eigenvalue weighted by Crippen LogP contribution is -2.49. The summed E-state index contributed by atoms with van der Waals surface area (Å²) in [6.45, 7) is 6.99. The molecule has 0 aliphatic carbocycles. The summed E-state index contributed by atoms with van der Waals surface area (Å²) in [7, 11) is 0. The van der Waals surface area contributed by atoms with Crippen LogP contribution in [0.25, 0.3) is 0 Å². The van der Waals surface area contributed by atoms with Gasteiger partial charge in [-0.3, -0.25) is 9.59 Å². The Kier molecular flexibility index (Phi) is 7.13. The quantitative estimate of drug-likeness (QED) is 0.718. The fraction of sp³-hybridized carbons (Fsp3) is 0.667. The molecule has 4 rings (SSSR count). The van der Waals surface area contributed by atoms with Gasteiger partial charge in [-0.25, -0.2) is 0 Å². The molecule has 0 spiro atoms. The number of benzene rings is 1. The number of carbonyl (C=O) groups is 2. The minimum Gasteiger partial charge on any atom is -0.484 e. The Morgan fingerprint density at radius 2 is 1.58 bits per heavy atom. The van der Waals surface area contributed by atoms with Crippen molar-refractivity contribution in [1.82, 2.24) is 9.80 Å². The van der Waals surface area contributed by atoms with E-state index in [4.69, 9.17) is 14.2 Å². The fourth-order valence-corrected chi connectivity index (χ4v) is 5.03. The third-order valence-corrected chi connectivity index (χ3v) is 6.80. The van der Waals surface area contributed by atoms with Gasteiger partial charge in [-0.1, -0.05) is 0 Å². The van der Waals surface area contributed by atoms with Crippen LogP contribution in [-0.4, -0.2) is 72.9 Å². The van der Waals surface area contributed by atoms with Crippen LogP contribution in [0.4, 0.5) is 0 Å².